The number of rotatable bonds is 1. The molecule has 2 aromatic rings. The van der Waals surface area contributed by atoms with Crippen molar-refractivity contribution in [2.24, 2.45) is 0 Å². The first-order valence-electron chi connectivity index (χ1n) is 6.43. The van der Waals surface area contributed by atoms with Crippen molar-refractivity contribution in [3.05, 3.63) is 45.2 Å². The maximum absolute atomic E-state index is 12.4. The Morgan fingerprint density at radius 2 is 2.17 bits per heavy atom. The van der Waals surface area contributed by atoms with Gasteiger partial charge < -0.3 is 9.72 Å². The van der Waals surface area contributed by atoms with E-state index in [1.54, 1.807) is 0 Å². The molecule has 1 aliphatic rings. The number of aromatic nitrogens is 1. The molecule has 0 spiro atoms. The van der Waals surface area contributed by atoms with Gasteiger partial charge in [-0.2, -0.15) is 0 Å². The van der Waals surface area contributed by atoms with E-state index in [4.69, 9.17) is 4.74 Å². The second-order valence-electron chi connectivity index (χ2n) is 5.14. The number of nitrogens with one attached hydrogen (secondary N) is 1. The third kappa shape index (κ3) is 1.66. The van der Waals surface area contributed by atoms with Gasteiger partial charge in [0, 0.05) is 23.1 Å². The zero-order valence-electron chi connectivity index (χ0n) is 10.7. The fraction of sp³-hybridized carbons (Fsp3) is 0.400. The summed E-state index contributed by atoms with van der Waals surface area (Å²) in [6, 6.07) is 5.95. The highest BCUT2D eigenvalue weighted by Gasteiger charge is 2.17. The maximum Gasteiger partial charge on any atom is 0.195 e. The molecule has 0 fully saturated rings. The van der Waals surface area contributed by atoms with Crippen LogP contribution >= 0.6 is 0 Å². The number of benzene rings is 1. The number of hydrogen-bond donors (Lipinski definition) is 1. The Morgan fingerprint density at radius 1 is 1.33 bits per heavy atom. The van der Waals surface area contributed by atoms with Crippen molar-refractivity contribution in [2.45, 2.75) is 32.8 Å². The van der Waals surface area contributed by atoms with Gasteiger partial charge in [0.25, 0.3) is 0 Å². The van der Waals surface area contributed by atoms with Crippen molar-refractivity contribution >= 4 is 10.9 Å². The summed E-state index contributed by atoms with van der Waals surface area (Å²) in [7, 11) is 0. The van der Waals surface area contributed by atoms with E-state index in [9.17, 15) is 4.79 Å². The van der Waals surface area contributed by atoms with E-state index in [-0.39, 0.29) is 5.43 Å². The van der Waals surface area contributed by atoms with E-state index in [0.717, 1.165) is 28.6 Å². The second kappa shape index (κ2) is 4.25. The molecule has 0 bridgehead atoms. The van der Waals surface area contributed by atoms with Gasteiger partial charge in [0.05, 0.1) is 18.7 Å². The smallest absolute Gasteiger partial charge is 0.195 e. The Morgan fingerprint density at radius 3 is 2.94 bits per heavy atom. The SMILES string of the molecule is CC(C)c1cccc2c(=O)c3c([nH]c12)CCOC3. The molecule has 3 nitrogen and oxygen atoms in total. The third-order valence-electron chi connectivity index (χ3n) is 3.62. The first-order valence-corrected chi connectivity index (χ1v) is 6.43. The van der Waals surface area contributed by atoms with Crippen LogP contribution in [0.1, 0.15) is 36.6 Å². The van der Waals surface area contributed by atoms with Gasteiger partial charge in [0.15, 0.2) is 5.43 Å². The van der Waals surface area contributed by atoms with E-state index in [1.807, 2.05) is 12.1 Å². The number of ether oxygens (including phenoxy) is 1. The molecule has 94 valence electrons. The minimum atomic E-state index is 0.126. The lowest BCUT2D eigenvalue weighted by Gasteiger charge is -2.18. The molecule has 0 amide bonds. The van der Waals surface area contributed by atoms with Crippen molar-refractivity contribution in [3.63, 3.8) is 0 Å². The van der Waals surface area contributed by atoms with Crippen LogP contribution in [0.25, 0.3) is 10.9 Å². The van der Waals surface area contributed by atoms with Crippen molar-refractivity contribution < 1.29 is 4.74 Å². The number of para-hydroxylation sites is 1. The molecule has 3 rings (SSSR count). The first-order chi connectivity index (χ1) is 8.68. The Hall–Kier alpha value is -1.61. The Kier molecular flexibility index (Phi) is 2.71. The number of fused-ring (bicyclic) bond motifs is 2. The van der Waals surface area contributed by atoms with Gasteiger partial charge in [-0.15, -0.1) is 0 Å². The van der Waals surface area contributed by atoms with Gasteiger partial charge in [-0.1, -0.05) is 26.0 Å². The Balaban J connectivity index is 2.38. The summed E-state index contributed by atoms with van der Waals surface area (Å²) in [6.07, 6.45) is 0.799. The number of aromatic amines is 1. The summed E-state index contributed by atoms with van der Waals surface area (Å²) in [5, 5.41) is 0.783. The lowest BCUT2D eigenvalue weighted by atomic mass is 9.97. The molecule has 3 heteroatoms. The highest BCUT2D eigenvalue weighted by molar-refractivity contribution is 5.83. The summed E-state index contributed by atoms with van der Waals surface area (Å²) >= 11 is 0. The average molecular weight is 243 g/mol. The van der Waals surface area contributed by atoms with Crippen LogP contribution in [-0.4, -0.2) is 11.6 Å². The largest absolute Gasteiger partial charge is 0.376 e. The second-order valence-corrected chi connectivity index (χ2v) is 5.14. The fourth-order valence-electron chi connectivity index (χ4n) is 2.62. The molecular weight excluding hydrogens is 226 g/mol. The molecule has 1 aliphatic heterocycles. The minimum Gasteiger partial charge on any atom is -0.376 e. The molecule has 0 aliphatic carbocycles. The van der Waals surface area contributed by atoms with Gasteiger partial charge in [-0.3, -0.25) is 4.79 Å². The molecule has 0 saturated carbocycles. The summed E-state index contributed by atoms with van der Waals surface area (Å²) in [4.78, 5) is 15.9. The highest BCUT2D eigenvalue weighted by Crippen LogP contribution is 2.24. The molecule has 0 unspecified atom stereocenters. The Labute approximate surface area is 106 Å². The first kappa shape index (κ1) is 11.5. The molecule has 0 atom stereocenters. The summed E-state index contributed by atoms with van der Waals surface area (Å²) in [5.74, 6) is 0.405. The molecule has 1 aromatic heterocycles. The standard InChI is InChI=1S/C15H17NO2/c1-9(2)10-4-3-5-11-14(10)16-13-6-7-18-8-12(13)15(11)17/h3-5,9H,6-8H2,1-2H3,(H,16,17). The predicted molar refractivity (Wildman–Crippen MR) is 72.0 cm³/mol. The van der Waals surface area contributed by atoms with Crippen LogP contribution in [0.2, 0.25) is 0 Å². The average Bonchev–Trinajstić information content (AvgIpc) is 2.38. The quantitative estimate of drug-likeness (QED) is 0.836. The molecular formula is C15H17NO2. The van der Waals surface area contributed by atoms with Crippen molar-refractivity contribution in [2.75, 3.05) is 6.61 Å². The van der Waals surface area contributed by atoms with Crippen molar-refractivity contribution in [1.82, 2.24) is 4.98 Å². The van der Waals surface area contributed by atoms with E-state index in [0.29, 0.717) is 19.1 Å². The molecule has 18 heavy (non-hydrogen) atoms. The number of hydrogen-bond acceptors (Lipinski definition) is 2. The van der Waals surface area contributed by atoms with Gasteiger partial charge in [0.1, 0.15) is 0 Å². The summed E-state index contributed by atoms with van der Waals surface area (Å²) in [6.45, 7) is 5.43. The molecule has 2 heterocycles. The molecule has 1 N–H and O–H groups in total. The zero-order chi connectivity index (χ0) is 12.7. The van der Waals surface area contributed by atoms with Crippen LogP contribution in [0.4, 0.5) is 0 Å². The third-order valence-corrected chi connectivity index (χ3v) is 3.62. The van der Waals surface area contributed by atoms with Crippen LogP contribution in [-0.2, 0) is 17.8 Å². The lowest BCUT2D eigenvalue weighted by Crippen LogP contribution is -2.22. The fourth-order valence-corrected chi connectivity index (χ4v) is 2.62. The van der Waals surface area contributed by atoms with Gasteiger partial charge in [0.2, 0.25) is 0 Å². The van der Waals surface area contributed by atoms with Gasteiger partial charge in [-0.25, -0.2) is 0 Å². The van der Waals surface area contributed by atoms with Gasteiger partial charge >= 0.3 is 0 Å². The van der Waals surface area contributed by atoms with E-state index >= 15 is 0 Å². The molecule has 0 saturated heterocycles. The van der Waals surface area contributed by atoms with Crippen molar-refractivity contribution in [3.8, 4) is 0 Å². The zero-order valence-corrected chi connectivity index (χ0v) is 10.7. The monoisotopic (exact) mass is 243 g/mol. The minimum absolute atomic E-state index is 0.126. The van der Waals surface area contributed by atoms with Crippen LogP contribution in [0, 0.1) is 0 Å². The van der Waals surface area contributed by atoms with Crippen LogP contribution in [0.15, 0.2) is 23.0 Å². The molecule has 0 radical (unpaired) electrons. The van der Waals surface area contributed by atoms with E-state index in [2.05, 4.69) is 24.9 Å². The lowest BCUT2D eigenvalue weighted by molar-refractivity contribution is 0.108. The summed E-state index contributed by atoms with van der Waals surface area (Å²) < 4.78 is 5.38. The van der Waals surface area contributed by atoms with Crippen molar-refractivity contribution in [1.29, 1.82) is 0 Å². The predicted octanol–water partition coefficient (Wildman–Crippen LogP) is 2.72. The number of H-pyrrole nitrogens is 1. The van der Waals surface area contributed by atoms with Crippen LogP contribution < -0.4 is 5.43 Å². The topological polar surface area (TPSA) is 42.1 Å². The van der Waals surface area contributed by atoms with Gasteiger partial charge in [-0.05, 0) is 17.5 Å². The Bertz CT molecular complexity index is 655. The van der Waals surface area contributed by atoms with E-state index < -0.39 is 0 Å². The number of pyridine rings is 1. The van der Waals surface area contributed by atoms with Crippen LogP contribution in [0.3, 0.4) is 0 Å². The highest BCUT2D eigenvalue weighted by atomic mass is 16.5. The normalized spacial score (nSPS) is 15.1. The summed E-state index contributed by atoms with van der Waals surface area (Å²) in [5.41, 5.74) is 4.18. The van der Waals surface area contributed by atoms with E-state index in [1.165, 1.54) is 5.56 Å². The van der Waals surface area contributed by atoms with Crippen LogP contribution in [0.5, 0.6) is 0 Å². The maximum atomic E-state index is 12.4. The molecule has 1 aromatic carbocycles.